The molecular weight excluding hydrogens is 222 g/mol. The van der Waals surface area contributed by atoms with E-state index >= 15 is 0 Å². The van der Waals surface area contributed by atoms with Gasteiger partial charge >= 0.3 is 0 Å². The summed E-state index contributed by atoms with van der Waals surface area (Å²) in [5.74, 6) is 0.824. The highest BCUT2D eigenvalue weighted by Crippen LogP contribution is 2.20. The van der Waals surface area contributed by atoms with Crippen LogP contribution in [-0.2, 0) is 4.79 Å². The third-order valence-electron chi connectivity index (χ3n) is 2.12. The predicted octanol–water partition coefficient (Wildman–Crippen LogP) is 2.12. The lowest BCUT2D eigenvalue weighted by Gasteiger charge is -2.02. The van der Waals surface area contributed by atoms with E-state index in [0.717, 1.165) is 10.6 Å². The molecule has 1 amide bonds. The molecule has 1 N–H and O–H groups in total. The van der Waals surface area contributed by atoms with E-state index in [2.05, 4.69) is 5.32 Å². The van der Waals surface area contributed by atoms with Crippen molar-refractivity contribution in [3.05, 3.63) is 29.8 Å². The van der Waals surface area contributed by atoms with Crippen LogP contribution in [0.15, 0.2) is 29.2 Å². The number of Topliss-reactive ketones (excluding diaryl/α,β-unsaturated/α-hetero) is 1. The molecule has 0 heterocycles. The minimum Gasteiger partial charge on any atom is -0.359 e. The number of carbonyl (C=O) groups excluding carboxylic acids is 2. The molecule has 0 spiro atoms. The molecule has 0 fully saturated rings. The van der Waals surface area contributed by atoms with Crippen LogP contribution in [0, 0.1) is 0 Å². The zero-order chi connectivity index (χ0) is 12.0. The summed E-state index contributed by atoms with van der Waals surface area (Å²) in [7, 11) is 1.63. The topological polar surface area (TPSA) is 46.2 Å². The second kappa shape index (κ2) is 6.33. The first kappa shape index (κ1) is 12.8. The molecule has 1 rings (SSSR count). The van der Waals surface area contributed by atoms with Crippen LogP contribution in [0.1, 0.15) is 23.7 Å². The highest BCUT2D eigenvalue weighted by Gasteiger charge is 2.02. The summed E-state index contributed by atoms with van der Waals surface area (Å²) in [4.78, 5) is 23.2. The van der Waals surface area contributed by atoms with Crippen LogP contribution in [-0.4, -0.2) is 24.5 Å². The van der Waals surface area contributed by atoms with Gasteiger partial charge in [0.25, 0.3) is 0 Å². The van der Waals surface area contributed by atoms with Gasteiger partial charge in [0.05, 0.1) is 0 Å². The van der Waals surface area contributed by atoms with Crippen LogP contribution in [0.5, 0.6) is 0 Å². The number of amides is 1. The third-order valence-corrected chi connectivity index (χ3v) is 3.11. The Balaban J connectivity index is 2.51. The van der Waals surface area contributed by atoms with E-state index in [1.807, 2.05) is 18.2 Å². The number of thioether (sulfide) groups is 1. The standard InChI is InChI=1S/C12H15NO2S/c1-9(14)10-4-3-5-11(8-10)16-7-6-12(15)13-2/h3-5,8H,6-7H2,1-2H3,(H,13,15). The van der Waals surface area contributed by atoms with E-state index < -0.39 is 0 Å². The lowest BCUT2D eigenvalue weighted by atomic mass is 10.2. The SMILES string of the molecule is CNC(=O)CCSc1cccc(C(C)=O)c1. The number of hydrogen-bond donors (Lipinski definition) is 1. The molecule has 0 radical (unpaired) electrons. The first-order valence-electron chi connectivity index (χ1n) is 5.08. The van der Waals surface area contributed by atoms with Crippen molar-refractivity contribution in [2.45, 2.75) is 18.2 Å². The van der Waals surface area contributed by atoms with Gasteiger partial charge < -0.3 is 5.32 Å². The van der Waals surface area contributed by atoms with Gasteiger partial charge in [0.2, 0.25) is 5.91 Å². The molecule has 0 aromatic heterocycles. The predicted molar refractivity (Wildman–Crippen MR) is 65.9 cm³/mol. The average Bonchev–Trinajstić information content (AvgIpc) is 2.29. The van der Waals surface area contributed by atoms with Crippen molar-refractivity contribution >= 4 is 23.5 Å². The van der Waals surface area contributed by atoms with Gasteiger partial charge in [-0.2, -0.15) is 0 Å². The maximum atomic E-state index is 11.2. The molecular formula is C12H15NO2S. The van der Waals surface area contributed by atoms with E-state index in [-0.39, 0.29) is 11.7 Å². The first-order valence-corrected chi connectivity index (χ1v) is 6.06. The van der Waals surface area contributed by atoms with Crippen LogP contribution < -0.4 is 5.32 Å². The van der Waals surface area contributed by atoms with E-state index in [1.165, 1.54) is 0 Å². The van der Waals surface area contributed by atoms with E-state index in [0.29, 0.717) is 12.0 Å². The molecule has 0 aliphatic heterocycles. The van der Waals surface area contributed by atoms with E-state index in [9.17, 15) is 9.59 Å². The van der Waals surface area contributed by atoms with Crippen molar-refractivity contribution in [3.63, 3.8) is 0 Å². The summed E-state index contributed by atoms with van der Waals surface area (Å²) < 4.78 is 0. The number of carbonyl (C=O) groups is 2. The normalized spacial score (nSPS) is 9.88. The maximum Gasteiger partial charge on any atom is 0.220 e. The number of rotatable bonds is 5. The molecule has 1 aromatic rings. The molecule has 1 aromatic carbocycles. The lowest BCUT2D eigenvalue weighted by Crippen LogP contribution is -2.17. The van der Waals surface area contributed by atoms with Crippen LogP contribution in [0.3, 0.4) is 0 Å². The molecule has 0 atom stereocenters. The van der Waals surface area contributed by atoms with Gasteiger partial charge in [-0.1, -0.05) is 12.1 Å². The smallest absolute Gasteiger partial charge is 0.220 e. The van der Waals surface area contributed by atoms with Gasteiger partial charge in [0.1, 0.15) is 0 Å². The largest absolute Gasteiger partial charge is 0.359 e. The number of nitrogens with one attached hydrogen (secondary N) is 1. The Morgan fingerprint density at radius 2 is 2.12 bits per heavy atom. The van der Waals surface area contributed by atoms with Crippen LogP contribution in [0.2, 0.25) is 0 Å². The Labute approximate surface area is 99.6 Å². The summed E-state index contributed by atoms with van der Waals surface area (Å²) >= 11 is 1.58. The molecule has 0 aliphatic rings. The average molecular weight is 237 g/mol. The van der Waals surface area contributed by atoms with Gasteiger partial charge in [0.15, 0.2) is 5.78 Å². The summed E-state index contributed by atoms with van der Waals surface area (Å²) in [5, 5.41) is 2.57. The Morgan fingerprint density at radius 1 is 1.38 bits per heavy atom. The molecule has 0 saturated heterocycles. The minimum atomic E-state index is 0.0372. The van der Waals surface area contributed by atoms with Gasteiger partial charge in [-0.25, -0.2) is 0 Å². The Morgan fingerprint density at radius 3 is 2.75 bits per heavy atom. The minimum absolute atomic E-state index is 0.0372. The Bertz CT molecular complexity index is 390. The van der Waals surface area contributed by atoms with Crippen LogP contribution in [0.25, 0.3) is 0 Å². The summed E-state index contributed by atoms with van der Waals surface area (Å²) in [6, 6.07) is 7.46. The van der Waals surface area contributed by atoms with Crippen molar-refractivity contribution < 1.29 is 9.59 Å². The highest BCUT2D eigenvalue weighted by molar-refractivity contribution is 7.99. The zero-order valence-corrected chi connectivity index (χ0v) is 10.3. The fraction of sp³-hybridized carbons (Fsp3) is 0.333. The molecule has 86 valence electrons. The molecule has 16 heavy (non-hydrogen) atoms. The van der Waals surface area contributed by atoms with Crippen molar-refractivity contribution in [1.29, 1.82) is 0 Å². The van der Waals surface area contributed by atoms with Crippen molar-refractivity contribution in [2.75, 3.05) is 12.8 Å². The maximum absolute atomic E-state index is 11.2. The molecule has 0 saturated carbocycles. The lowest BCUT2D eigenvalue weighted by molar-refractivity contribution is -0.120. The van der Waals surface area contributed by atoms with Gasteiger partial charge in [-0.3, -0.25) is 9.59 Å². The Hall–Kier alpha value is -1.29. The third kappa shape index (κ3) is 4.06. The number of benzene rings is 1. The van der Waals surface area contributed by atoms with Crippen molar-refractivity contribution in [1.82, 2.24) is 5.32 Å². The number of hydrogen-bond acceptors (Lipinski definition) is 3. The second-order valence-corrected chi connectivity index (χ2v) is 4.52. The molecule has 4 heteroatoms. The van der Waals surface area contributed by atoms with Gasteiger partial charge in [0, 0.05) is 29.7 Å². The molecule has 0 bridgehead atoms. The molecule has 0 aliphatic carbocycles. The zero-order valence-electron chi connectivity index (χ0n) is 9.45. The van der Waals surface area contributed by atoms with Gasteiger partial charge in [-0.05, 0) is 19.1 Å². The quantitative estimate of drug-likeness (QED) is 0.630. The monoisotopic (exact) mass is 237 g/mol. The Kier molecular flexibility index (Phi) is 5.05. The van der Waals surface area contributed by atoms with Crippen LogP contribution in [0.4, 0.5) is 0 Å². The summed E-state index contributed by atoms with van der Waals surface area (Å²) in [6.45, 7) is 1.55. The van der Waals surface area contributed by atoms with Crippen molar-refractivity contribution in [3.8, 4) is 0 Å². The molecule has 0 unspecified atom stereocenters. The van der Waals surface area contributed by atoms with Crippen LogP contribution >= 0.6 is 11.8 Å². The highest BCUT2D eigenvalue weighted by atomic mass is 32.2. The summed E-state index contributed by atoms with van der Waals surface area (Å²) in [5.41, 5.74) is 0.713. The van der Waals surface area contributed by atoms with E-state index in [1.54, 1.807) is 31.8 Å². The molecule has 3 nitrogen and oxygen atoms in total. The fourth-order valence-electron chi connectivity index (χ4n) is 1.19. The summed E-state index contributed by atoms with van der Waals surface area (Å²) in [6.07, 6.45) is 0.492. The first-order chi connectivity index (χ1) is 7.63. The fourth-order valence-corrected chi connectivity index (χ4v) is 2.10. The van der Waals surface area contributed by atoms with E-state index in [4.69, 9.17) is 0 Å². The second-order valence-electron chi connectivity index (χ2n) is 3.36. The number of ketones is 1. The van der Waals surface area contributed by atoms with Gasteiger partial charge in [-0.15, -0.1) is 11.8 Å². The van der Waals surface area contributed by atoms with Crippen molar-refractivity contribution in [2.24, 2.45) is 0 Å².